The van der Waals surface area contributed by atoms with Gasteiger partial charge in [-0.15, -0.1) is 0 Å². The minimum absolute atomic E-state index is 0.0947. The van der Waals surface area contributed by atoms with E-state index in [-0.39, 0.29) is 24.9 Å². The number of aliphatic carboxylic acids is 1. The smallest absolute Gasteiger partial charge is 0.391 e. The first-order valence-electron chi connectivity index (χ1n) is 12.1. The van der Waals surface area contributed by atoms with Crippen LogP contribution in [0.2, 0.25) is 5.02 Å². The molecular weight excluding hydrogens is 467 g/mol. The van der Waals surface area contributed by atoms with Crippen LogP contribution in [0.4, 0.5) is 13.2 Å². The fourth-order valence-electron chi connectivity index (χ4n) is 5.15. The number of hydrogen-bond donors (Lipinski definition) is 1. The van der Waals surface area contributed by atoms with E-state index in [2.05, 4.69) is 17.0 Å². The first-order valence-corrected chi connectivity index (χ1v) is 12.5. The summed E-state index contributed by atoms with van der Waals surface area (Å²) in [7, 11) is 0. The van der Waals surface area contributed by atoms with Crippen LogP contribution in [0.1, 0.15) is 50.5 Å². The number of carbonyl (C=O) groups is 1. The van der Waals surface area contributed by atoms with Gasteiger partial charge in [0.1, 0.15) is 5.75 Å². The van der Waals surface area contributed by atoms with E-state index in [0.29, 0.717) is 36.5 Å². The molecule has 1 N–H and O–H groups in total. The maximum Gasteiger partial charge on any atom is 0.391 e. The molecule has 2 fully saturated rings. The van der Waals surface area contributed by atoms with Crippen molar-refractivity contribution in [2.45, 2.75) is 63.6 Å². The minimum Gasteiger partial charge on any atom is -0.489 e. The lowest BCUT2D eigenvalue weighted by Gasteiger charge is -2.30. The van der Waals surface area contributed by atoms with Gasteiger partial charge in [-0.25, -0.2) is 0 Å². The van der Waals surface area contributed by atoms with Gasteiger partial charge < -0.3 is 14.7 Å². The SMILES string of the molecule is O=C(O)C1CCN(CCCc2ccc3ccc(OC4CCC(C(F)(F)F)CC4)c(Cl)c3c2)CC1. The van der Waals surface area contributed by atoms with Gasteiger partial charge in [-0.3, -0.25) is 4.79 Å². The van der Waals surface area contributed by atoms with Gasteiger partial charge in [-0.2, -0.15) is 13.2 Å². The first-order chi connectivity index (χ1) is 16.2. The van der Waals surface area contributed by atoms with Gasteiger partial charge in [-0.1, -0.05) is 29.8 Å². The molecule has 2 aliphatic rings. The van der Waals surface area contributed by atoms with Gasteiger partial charge in [0.25, 0.3) is 0 Å². The lowest BCUT2D eigenvalue weighted by Crippen LogP contribution is -2.36. The molecular formula is C26H31ClF3NO3. The standard InChI is InChI=1S/C26H31ClF3NO3/c27-24-22-16-17(2-1-13-31-14-11-19(12-15-31)25(32)33)3-4-18(22)5-10-23(24)34-21-8-6-20(7-9-21)26(28,29)30/h3-5,10,16,19-21H,1-2,6-9,11-15H2,(H,32,33). The maximum absolute atomic E-state index is 12.9. The van der Waals surface area contributed by atoms with Crippen LogP contribution in [0, 0.1) is 11.8 Å². The van der Waals surface area contributed by atoms with Crippen LogP contribution >= 0.6 is 11.6 Å². The van der Waals surface area contributed by atoms with Crippen molar-refractivity contribution in [3.8, 4) is 5.75 Å². The Morgan fingerprint density at radius 1 is 1.06 bits per heavy atom. The molecule has 1 heterocycles. The van der Waals surface area contributed by atoms with Crippen molar-refractivity contribution in [2.75, 3.05) is 19.6 Å². The van der Waals surface area contributed by atoms with E-state index in [4.69, 9.17) is 21.4 Å². The second kappa shape index (κ2) is 10.7. The highest BCUT2D eigenvalue weighted by atomic mass is 35.5. The molecule has 0 spiro atoms. The Morgan fingerprint density at radius 3 is 2.38 bits per heavy atom. The summed E-state index contributed by atoms with van der Waals surface area (Å²) in [6.45, 7) is 2.58. The number of aryl methyl sites for hydroxylation is 1. The molecule has 4 rings (SSSR count). The second-order valence-corrected chi connectivity index (χ2v) is 10.0. The molecule has 1 saturated carbocycles. The quantitative estimate of drug-likeness (QED) is 0.461. The zero-order valence-corrected chi connectivity index (χ0v) is 19.9. The highest BCUT2D eigenvalue weighted by Gasteiger charge is 2.41. The Kier molecular flexibility index (Phi) is 7.93. The van der Waals surface area contributed by atoms with E-state index in [1.54, 1.807) is 6.07 Å². The zero-order chi connectivity index (χ0) is 24.3. The average molecular weight is 498 g/mol. The van der Waals surface area contributed by atoms with Gasteiger partial charge in [-0.05, 0) is 94.1 Å². The Hall–Kier alpha value is -1.99. The lowest BCUT2D eigenvalue weighted by atomic mass is 9.87. The number of halogens is 4. The molecule has 0 bridgehead atoms. The molecule has 1 aliphatic carbocycles. The largest absolute Gasteiger partial charge is 0.489 e. The normalized spacial score (nSPS) is 22.7. The summed E-state index contributed by atoms with van der Waals surface area (Å²) in [6.07, 6.45) is -0.154. The average Bonchev–Trinajstić information content (AvgIpc) is 2.81. The van der Waals surface area contributed by atoms with Crippen molar-refractivity contribution in [3.63, 3.8) is 0 Å². The molecule has 2 aromatic carbocycles. The van der Waals surface area contributed by atoms with Gasteiger partial charge in [0.2, 0.25) is 0 Å². The Bertz CT molecular complexity index is 997. The topological polar surface area (TPSA) is 49.8 Å². The monoisotopic (exact) mass is 497 g/mol. The molecule has 1 aliphatic heterocycles. The summed E-state index contributed by atoms with van der Waals surface area (Å²) in [4.78, 5) is 13.4. The molecule has 4 nitrogen and oxygen atoms in total. The molecule has 1 saturated heterocycles. The van der Waals surface area contributed by atoms with Gasteiger partial charge in [0.15, 0.2) is 0 Å². The second-order valence-electron chi connectivity index (χ2n) is 9.62. The highest BCUT2D eigenvalue weighted by Crippen LogP contribution is 2.40. The third kappa shape index (κ3) is 6.16. The summed E-state index contributed by atoms with van der Waals surface area (Å²) in [6, 6.07) is 9.94. The molecule has 0 unspecified atom stereocenters. The van der Waals surface area contributed by atoms with Crippen molar-refractivity contribution >= 4 is 28.3 Å². The lowest BCUT2D eigenvalue weighted by molar-refractivity contribution is -0.185. The Balaban J connectivity index is 1.33. The van der Waals surface area contributed by atoms with E-state index >= 15 is 0 Å². The van der Waals surface area contributed by atoms with E-state index in [1.165, 1.54) is 0 Å². The van der Waals surface area contributed by atoms with Crippen molar-refractivity contribution in [2.24, 2.45) is 11.8 Å². The molecule has 34 heavy (non-hydrogen) atoms. The molecule has 8 heteroatoms. The number of fused-ring (bicyclic) bond motifs is 1. The van der Waals surface area contributed by atoms with Gasteiger partial charge in [0.05, 0.1) is 23.0 Å². The molecule has 2 aromatic rings. The summed E-state index contributed by atoms with van der Waals surface area (Å²) in [5.74, 6) is -1.60. The number of likely N-dealkylation sites (tertiary alicyclic amines) is 1. The molecule has 186 valence electrons. The van der Waals surface area contributed by atoms with Crippen LogP contribution in [0.5, 0.6) is 5.75 Å². The Morgan fingerprint density at radius 2 is 1.74 bits per heavy atom. The molecule has 0 amide bonds. The minimum atomic E-state index is -4.13. The number of hydrogen-bond acceptors (Lipinski definition) is 3. The predicted molar refractivity (Wildman–Crippen MR) is 127 cm³/mol. The number of nitrogens with zero attached hydrogens (tertiary/aromatic N) is 1. The van der Waals surface area contributed by atoms with E-state index in [1.807, 2.05) is 12.1 Å². The van der Waals surface area contributed by atoms with E-state index in [0.717, 1.165) is 48.8 Å². The fourth-order valence-corrected chi connectivity index (χ4v) is 5.43. The molecule has 0 atom stereocenters. The maximum atomic E-state index is 12.9. The van der Waals surface area contributed by atoms with Crippen LogP contribution in [0.25, 0.3) is 10.8 Å². The Labute approximate surface area is 203 Å². The van der Waals surface area contributed by atoms with Crippen LogP contribution in [0.15, 0.2) is 30.3 Å². The summed E-state index contributed by atoms with van der Waals surface area (Å²) >= 11 is 6.67. The van der Waals surface area contributed by atoms with Gasteiger partial charge in [0, 0.05) is 5.39 Å². The van der Waals surface area contributed by atoms with Crippen LogP contribution in [-0.2, 0) is 11.2 Å². The summed E-state index contributed by atoms with van der Waals surface area (Å²) in [5.41, 5.74) is 1.16. The number of rotatable bonds is 7. The fraction of sp³-hybridized carbons (Fsp3) is 0.577. The number of carboxylic acid groups (broad SMARTS) is 1. The zero-order valence-electron chi connectivity index (χ0n) is 19.1. The third-order valence-corrected chi connectivity index (χ3v) is 7.68. The van der Waals surface area contributed by atoms with Gasteiger partial charge >= 0.3 is 12.1 Å². The van der Waals surface area contributed by atoms with Crippen LogP contribution in [0.3, 0.4) is 0 Å². The van der Waals surface area contributed by atoms with Crippen LogP contribution in [-0.4, -0.2) is 47.9 Å². The number of ether oxygens (including phenoxy) is 1. The van der Waals surface area contributed by atoms with Crippen LogP contribution < -0.4 is 4.74 Å². The summed E-state index contributed by atoms with van der Waals surface area (Å²) < 4.78 is 44.8. The van der Waals surface area contributed by atoms with E-state index < -0.39 is 18.1 Å². The van der Waals surface area contributed by atoms with Crippen molar-refractivity contribution in [1.82, 2.24) is 4.90 Å². The summed E-state index contributed by atoms with van der Waals surface area (Å²) in [5, 5.41) is 11.5. The number of piperidine rings is 1. The van der Waals surface area contributed by atoms with Crippen molar-refractivity contribution in [3.05, 3.63) is 40.9 Å². The highest BCUT2D eigenvalue weighted by molar-refractivity contribution is 6.37. The third-order valence-electron chi connectivity index (χ3n) is 7.29. The van der Waals surface area contributed by atoms with Crippen molar-refractivity contribution < 1.29 is 27.8 Å². The van der Waals surface area contributed by atoms with Crippen molar-refractivity contribution in [1.29, 1.82) is 0 Å². The van der Waals surface area contributed by atoms with E-state index in [9.17, 15) is 18.0 Å². The molecule has 0 radical (unpaired) electrons. The number of alkyl halides is 3. The first kappa shape index (κ1) is 25.1. The predicted octanol–water partition coefficient (Wildman–Crippen LogP) is 6.72. The number of carboxylic acids is 1. The number of benzene rings is 2. The molecule has 0 aromatic heterocycles.